The Morgan fingerprint density at radius 3 is 2.64 bits per heavy atom. The minimum Gasteiger partial charge on any atom is -0.481 e. The highest BCUT2D eigenvalue weighted by Crippen LogP contribution is 2.27. The lowest BCUT2D eigenvalue weighted by Crippen LogP contribution is -2.15. The third-order valence-corrected chi connectivity index (χ3v) is 3.04. The number of hydrogen-bond acceptors (Lipinski definition) is 1. The van der Waals surface area contributed by atoms with Crippen LogP contribution in [0.3, 0.4) is 0 Å². The van der Waals surface area contributed by atoms with Crippen LogP contribution in [0.4, 0.5) is 0 Å². The standard InChI is InChI=1S/C8H13BrO2/c9-7-4-2-1-3-6(5-7)8(10)11/h6-7H,1-5H2,(H,10,11). The summed E-state index contributed by atoms with van der Waals surface area (Å²) in [4.78, 5) is 11.1. The summed E-state index contributed by atoms with van der Waals surface area (Å²) in [6.07, 6.45) is 5.02. The second-order valence-corrected chi connectivity index (χ2v) is 4.45. The molecule has 2 unspecified atom stereocenters. The van der Waals surface area contributed by atoms with E-state index in [1.165, 1.54) is 6.42 Å². The van der Waals surface area contributed by atoms with Crippen LogP contribution in [-0.4, -0.2) is 15.9 Å². The predicted octanol–water partition coefficient (Wildman–Crippen LogP) is 2.41. The number of rotatable bonds is 1. The highest BCUT2D eigenvalue weighted by Gasteiger charge is 2.23. The zero-order valence-electron chi connectivity index (χ0n) is 6.42. The number of hydrogen-bond donors (Lipinski definition) is 1. The second kappa shape index (κ2) is 4.10. The molecule has 0 aromatic carbocycles. The molecule has 1 fully saturated rings. The first-order valence-corrected chi connectivity index (χ1v) is 4.98. The zero-order chi connectivity index (χ0) is 8.27. The third-order valence-electron chi connectivity index (χ3n) is 2.21. The lowest BCUT2D eigenvalue weighted by atomic mass is 10.0. The van der Waals surface area contributed by atoms with Crippen LogP contribution in [0.15, 0.2) is 0 Å². The number of carboxylic acid groups (broad SMARTS) is 1. The minimum absolute atomic E-state index is 0.109. The molecule has 0 aliphatic heterocycles. The molecule has 1 aliphatic carbocycles. The largest absolute Gasteiger partial charge is 0.481 e. The molecule has 11 heavy (non-hydrogen) atoms. The summed E-state index contributed by atoms with van der Waals surface area (Å²) in [7, 11) is 0. The molecule has 2 nitrogen and oxygen atoms in total. The van der Waals surface area contributed by atoms with Crippen molar-refractivity contribution in [3.05, 3.63) is 0 Å². The number of halogens is 1. The van der Waals surface area contributed by atoms with Gasteiger partial charge in [-0.2, -0.15) is 0 Å². The molecule has 0 bridgehead atoms. The van der Waals surface area contributed by atoms with Crippen molar-refractivity contribution in [2.45, 2.75) is 36.9 Å². The first-order valence-electron chi connectivity index (χ1n) is 4.07. The molecule has 0 amide bonds. The van der Waals surface area contributed by atoms with Crippen molar-refractivity contribution in [1.82, 2.24) is 0 Å². The monoisotopic (exact) mass is 220 g/mol. The smallest absolute Gasteiger partial charge is 0.306 e. The van der Waals surface area contributed by atoms with Gasteiger partial charge in [0.2, 0.25) is 0 Å². The van der Waals surface area contributed by atoms with E-state index in [9.17, 15) is 4.79 Å². The fourth-order valence-corrected chi connectivity index (χ4v) is 2.30. The van der Waals surface area contributed by atoms with E-state index in [-0.39, 0.29) is 5.92 Å². The molecule has 0 aromatic heterocycles. The van der Waals surface area contributed by atoms with Gasteiger partial charge in [-0.15, -0.1) is 0 Å². The van der Waals surface area contributed by atoms with E-state index in [4.69, 9.17) is 5.11 Å². The fraction of sp³-hybridized carbons (Fsp3) is 0.875. The van der Waals surface area contributed by atoms with Crippen LogP contribution in [0.5, 0.6) is 0 Å². The van der Waals surface area contributed by atoms with Gasteiger partial charge in [0.05, 0.1) is 5.92 Å². The van der Waals surface area contributed by atoms with Gasteiger partial charge in [0.15, 0.2) is 0 Å². The Balaban J connectivity index is 2.45. The van der Waals surface area contributed by atoms with Crippen molar-refractivity contribution < 1.29 is 9.90 Å². The van der Waals surface area contributed by atoms with Crippen molar-refractivity contribution in [1.29, 1.82) is 0 Å². The maximum Gasteiger partial charge on any atom is 0.306 e. The lowest BCUT2D eigenvalue weighted by Gasteiger charge is -2.09. The SMILES string of the molecule is O=C(O)C1CCCCC(Br)C1. The maximum absolute atomic E-state index is 10.6. The maximum atomic E-state index is 10.6. The molecule has 3 heteroatoms. The average Bonchev–Trinajstić information content (AvgIpc) is 2.13. The number of carboxylic acids is 1. The quantitative estimate of drug-likeness (QED) is 0.545. The van der Waals surface area contributed by atoms with Gasteiger partial charge >= 0.3 is 5.97 Å². The van der Waals surface area contributed by atoms with Gasteiger partial charge in [0.25, 0.3) is 0 Å². The fourth-order valence-electron chi connectivity index (χ4n) is 1.53. The second-order valence-electron chi connectivity index (χ2n) is 3.15. The normalized spacial score (nSPS) is 32.8. The summed E-state index contributed by atoms with van der Waals surface area (Å²) < 4.78 is 0. The minimum atomic E-state index is -0.628. The van der Waals surface area contributed by atoms with Gasteiger partial charge in [-0.1, -0.05) is 28.8 Å². The summed E-state index contributed by atoms with van der Waals surface area (Å²) in [6, 6.07) is 0. The molecule has 2 atom stereocenters. The van der Waals surface area contributed by atoms with E-state index < -0.39 is 5.97 Å². The van der Waals surface area contributed by atoms with Crippen molar-refractivity contribution in [3.63, 3.8) is 0 Å². The van der Waals surface area contributed by atoms with E-state index >= 15 is 0 Å². The van der Waals surface area contributed by atoms with Crippen molar-refractivity contribution in [2.75, 3.05) is 0 Å². The van der Waals surface area contributed by atoms with Crippen molar-refractivity contribution >= 4 is 21.9 Å². The molecule has 1 saturated carbocycles. The van der Waals surface area contributed by atoms with Crippen LogP contribution in [0.25, 0.3) is 0 Å². The van der Waals surface area contributed by atoms with E-state index in [1.807, 2.05) is 0 Å². The van der Waals surface area contributed by atoms with Crippen LogP contribution in [0.2, 0.25) is 0 Å². The summed E-state index contributed by atoms with van der Waals surface area (Å²) in [5.41, 5.74) is 0. The molecule has 0 saturated heterocycles. The van der Waals surface area contributed by atoms with Gasteiger partial charge in [-0.3, -0.25) is 4.79 Å². The Kier molecular flexibility index (Phi) is 3.37. The Bertz CT molecular complexity index is 147. The highest BCUT2D eigenvalue weighted by molar-refractivity contribution is 9.09. The van der Waals surface area contributed by atoms with Crippen LogP contribution < -0.4 is 0 Å². The number of aliphatic carboxylic acids is 1. The van der Waals surface area contributed by atoms with Crippen molar-refractivity contribution in [2.24, 2.45) is 5.92 Å². The molecule has 0 heterocycles. The van der Waals surface area contributed by atoms with Crippen LogP contribution in [-0.2, 0) is 4.79 Å². The summed E-state index contributed by atoms with van der Waals surface area (Å²) >= 11 is 3.48. The molecule has 0 radical (unpaired) electrons. The molecule has 0 aromatic rings. The molecule has 64 valence electrons. The van der Waals surface area contributed by atoms with E-state index in [0.29, 0.717) is 4.83 Å². The van der Waals surface area contributed by atoms with Gasteiger partial charge in [-0.25, -0.2) is 0 Å². The highest BCUT2D eigenvalue weighted by atomic mass is 79.9. The van der Waals surface area contributed by atoms with Crippen molar-refractivity contribution in [3.8, 4) is 0 Å². The molecule has 1 rings (SSSR count). The molecular weight excluding hydrogens is 208 g/mol. The Labute approximate surface area is 75.1 Å². The van der Waals surface area contributed by atoms with Crippen LogP contribution in [0.1, 0.15) is 32.1 Å². The molecular formula is C8H13BrO2. The van der Waals surface area contributed by atoms with E-state index in [1.54, 1.807) is 0 Å². The molecule has 1 N–H and O–H groups in total. The van der Waals surface area contributed by atoms with Gasteiger partial charge in [0, 0.05) is 4.83 Å². The van der Waals surface area contributed by atoms with E-state index in [0.717, 1.165) is 25.7 Å². The first kappa shape index (κ1) is 9.04. The van der Waals surface area contributed by atoms with Gasteiger partial charge in [0.1, 0.15) is 0 Å². The Morgan fingerprint density at radius 1 is 1.36 bits per heavy atom. The molecule has 0 spiro atoms. The number of alkyl halides is 1. The zero-order valence-corrected chi connectivity index (χ0v) is 8.01. The average molecular weight is 221 g/mol. The van der Waals surface area contributed by atoms with Gasteiger partial charge < -0.3 is 5.11 Å². The van der Waals surface area contributed by atoms with Gasteiger partial charge in [-0.05, 0) is 19.3 Å². The Hall–Kier alpha value is -0.0500. The topological polar surface area (TPSA) is 37.3 Å². The number of carbonyl (C=O) groups is 1. The predicted molar refractivity (Wildman–Crippen MR) is 46.9 cm³/mol. The van der Waals surface area contributed by atoms with Crippen LogP contribution in [0, 0.1) is 5.92 Å². The lowest BCUT2D eigenvalue weighted by molar-refractivity contribution is -0.142. The third kappa shape index (κ3) is 2.81. The molecule has 1 aliphatic rings. The summed E-state index contributed by atoms with van der Waals surface area (Å²) in [6.45, 7) is 0. The summed E-state index contributed by atoms with van der Waals surface area (Å²) in [5.74, 6) is -0.738. The first-order chi connectivity index (χ1) is 5.20. The van der Waals surface area contributed by atoms with E-state index in [2.05, 4.69) is 15.9 Å². The summed E-state index contributed by atoms with van der Waals surface area (Å²) in [5, 5.41) is 8.76. The Morgan fingerprint density at radius 2 is 2.00 bits per heavy atom. The van der Waals surface area contributed by atoms with Crippen LogP contribution >= 0.6 is 15.9 Å².